The summed E-state index contributed by atoms with van der Waals surface area (Å²) in [5.41, 5.74) is 5.74. The van der Waals surface area contributed by atoms with Crippen molar-refractivity contribution >= 4 is 22.7 Å². The number of rotatable bonds is 3. The Morgan fingerprint density at radius 3 is 1.00 bits per heavy atom. The second kappa shape index (κ2) is 7.83. The van der Waals surface area contributed by atoms with Crippen molar-refractivity contribution in [1.29, 1.82) is 0 Å². The lowest BCUT2D eigenvalue weighted by atomic mass is 9.86. The monoisotopic (exact) mass is 430 g/mol. The summed E-state index contributed by atoms with van der Waals surface area (Å²) in [7, 11) is 0. The first-order valence-electron chi connectivity index (χ1n) is 10.5. The zero-order chi connectivity index (χ0) is 21.5. The lowest BCUT2D eigenvalue weighted by Gasteiger charge is -2.19. The van der Waals surface area contributed by atoms with E-state index in [0.29, 0.717) is 0 Å². The molecule has 2 aromatic carbocycles. The summed E-state index contributed by atoms with van der Waals surface area (Å²) in [5, 5.41) is 0. The molecule has 154 valence electrons. The van der Waals surface area contributed by atoms with E-state index >= 15 is 0 Å². The van der Waals surface area contributed by atoms with E-state index in [1.54, 1.807) is 0 Å². The average Bonchev–Trinajstić information content (AvgIpc) is 3.36. The van der Waals surface area contributed by atoms with Crippen LogP contribution in [-0.4, -0.2) is 0 Å². The van der Waals surface area contributed by atoms with Crippen LogP contribution in [0, 0.1) is 0 Å². The van der Waals surface area contributed by atoms with Crippen LogP contribution in [0.2, 0.25) is 0 Å². The van der Waals surface area contributed by atoms with Gasteiger partial charge in [0.1, 0.15) is 0 Å². The Kier molecular flexibility index (Phi) is 5.50. The zero-order valence-corrected chi connectivity index (χ0v) is 20.4. The van der Waals surface area contributed by atoms with E-state index < -0.39 is 0 Å². The van der Waals surface area contributed by atoms with E-state index in [0.717, 1.165) is 0 Å². The second-order valence-electron chi connectivity index (χ2n) is 9.98. The summed E-state index contributed by atoms with van der Waals surface area (Å²) in [6, 6.07) is 27.1. The third-order valence-corrected chi connectivity index (χ3v) is 7.99. The summed E-state index contributed by atoms with van der Waals surface area (Å²) in [4.78, 5) is 5.34. The normalized spacial score (nSPS) is 12.3. The molecule has 4 rings (SSSR count). The molecule has 0 saturated carbocycles. The lowest BCUT2D eigenvalue weighted by Crippen LogP contribution is -2.10. The van der Waals surface area contributed by atoms with Crippen LogP contribution in [0.4, 0.5) is 0 Å². The number of hydrogen-bond acceptors (Lipinski definition) is 2. The molecule has 0 aliphatic rings. The van der Waals surface area contributed by atoms with Crippen molar-refractivity contribution in [2.45, 2.75) is 52.4 Å². The molecule has 0 fully saturated rings. The van der Waals surface area contributed by atoms with Crippen LogP contribution in [0.15, 0.2) is 72.8 Å². The van der Waals surface area contributed by atoms with Gasteiger partial charge in [0.2, 0.25) is 0 Å². The van der Waals surface area contributed by atoms with Gasteiger partial charge >= 0.3 is 0 Å². The van der Waals surface area contributed by atoms with Crippen molar-refractivity contribution in [1.82, 2.24) is 0 Å². The lowest BCUT2D eigenvalue weighted by molar-refractivity contribution is 0.590. The molecule has 0 nitrogen and oxygen atoms in total. The maximum atomic E-state index is 2.26. The number of thiophene rings is 2. The molecule has 0 radical (unpaired) electrons. The minimum atomic E-state index is 0.192. The van der Waals surface area contributed by atoms with Gasteiger partial charge in [-0.1, -0.05) is 90.1 Å². The van der Waals surface area contributed by atoms with Crippen LogP contribution >= 0.6 is 22.7 Å². The van der Waals surface area contributed by atoms with E-state index in [1.165, 1.54) is 41.8 Å². The van der Waals surface area contributed by atoms with Crippen molar-refractivity contribution in [2.24, 2.45) is 0 Å². The first kappa shape index (κ1) is 21.1. The Balaban J connectivity index is 1.56. The zero-order valence-electron chi connectivity index (χ0n) is 18.7. The van der Waals surface area contributed by atoms with Gasteiger partial charge in [0.05, 0.1) is 0 Å². The molecule has 2 heteroatoms. The highest BCUT2D eigenvalue weighted by Gasteiger charge is 2.15. The Bertz CT molecular complexity index is 1030. The Morgan fingerprint density at radius 1 is 0.400 bits per heavy atom. The van der Waals surface area contributed by atoms with Crippen molar-refractivity contribution in [3.63, 3.8) is 0 Å². The fourth-order valence-electron chi connectivity index (χ4n) is 3.52. The predicted molar refractivity (Wildman–Crippen MR) is 136 cm³/mol. The number of benzene rings is 2. The van der Waals surface area contributed by atoms with Crippen molar-refractivity contribution in [2.75, 3.05) is 0 Å². The van der Waals surface area contributed by atoms with Crippen LogP contribution < -0.4 is 0 Å². The van der Waals surface area contributed by atoms with Crippen molar-refractivity contribution in [3.8, 4) is 30.6 Å². The maximum absolute atomic E-state index is 2.26. The van der Waals surface area contributed by atoms with Gasteiger partial charge in [-0.05, 0) is 57.3 Å². The summed E-state index contributed by atoms with van der Waals surface area (Å²) in [6.07, 6.45) is 0. The fourth-order valence-corrected chi connectivity index (χ4v) is 5.63. The van der Waals surface area contributed by atoms with Gasteiger partial charge in [-0.25, -0.2) is 0 Å². The van der Waals surface area contributed by atoms with Gasteiger partial charge in [-0.15, -0.1) is 22.7 Å². The molecule has 0 aliphatic heterocycles. The van der Waals surface area contributed by atoms with E-state index in [-0.39, 0.29) is 10.8 Å². The number of hydrogen-bond donors (Lipinski definition) is 0. The van der Waals surface area contributed by atoms with E-state index in [4.69, 9.17) is 0 Å². The molecule has 0 amide bonds. The quantitative estimate of drug-likeness (QED) is 0.303. The summed E-state index contributed by atoms with van der Waals surface area (Å²) in [6.45, 7) is 13.6. The summed E-state index contributed by atoms with van der Waals surface area (Å²) < 4.78 is 0. The highest BCUT2D eigenvalue weighted by Crippen LogP contribution is 2.41. The van der Waals surface area contributed by atoms with Gasteiger partial charge in [0.15, 0.2) is 0 Å². The largest absolute Gasteiger partial charge is 0.134 e. The highest BCUT2D eigenvalue weighted by molar-refractivity contribution is 7.25. The third kappa shape index (κ3) is 4.45. The molecule has 2 heterocycles. The molecule has 0 unspecified atom stereocenters. The SMILES string of the molecule is CC(C)(C)c1ccc(-c2ccc(-c3ccc(-c4ccc(C(C)(C)C)cc4)s3)s2)cc1. The van der Waals surface area contributed by atoms with Crippen LogP contribution in [0.1, 0.15) is 52.7 Å². The third-order valence-electron chi connectivity index (χ3n) is 5.53. The summed E-state index contributed by atoms with van der Waals surface area (Å²) in [5.74, 6) is 0. The van der Waals surface area contributed by atoms with E-state index in [1.807, 2.05) is 22.7 Å². The van der Waals surface area contributed by atoms with Gasteiger partial charge in [0.25, 0.3) is 0 Å². The minimum absolute atomic E-state index is 0.192. The molecule has 0 bridgehead atoms. The van der Waals surface area contributed by atoms with Gasteiger partial charge < -0.3 is 0 Å². The minimum Gasteiger partial charge on any atom is -0.134 e. The first-order valence-corrected chi connectivity index (χ1v) is 12.2. The van der Waals surface area contributed by atoms with E-state index in [2.05, 4.69) is 114 Å². The maximum Gasteiger partial charge on any atom is 0.0449 e. The smallest absolute Gasteiger partial charge is 0.0449 e. The molecule has 0 N–H and O–H groups in total. The van der Waals surface area contributed by atoms with E-state index in [9.17, 15) is 0 Å². The topological polar surface area (TPSA) is 0 Å². The molecule has 0 aliphatic carbocycles. The first-order chi connectivity index (χ1) is 14.1. The van der Waals surface area contributed by atoms with Gasteiger partial charge in [-0.3, -0.25) is 0 Å². The molecule has 0 saturated heterocycles. The molecular weight excluding hydrogens is 400 g/mol. The Morgan fingerprint density at radius 2 is 0.700 bits per heavy atom. The fraction of sp³-hybridized carbons (Fsp3) is 0.286. The predicted octanol–water partition coefficient (Wildman–Crippen LogP) is 9.41. The van der Waals surface area contributed by atoms with Crippen LogP contribution in [0.3, 0.4) is 0 Å². The van der Waals surface area contributed by atoms with Crippen molar-refractivity contribution in [3.05, 3.63) is 83.9 Å². The van der Waals surface area contributed by atoms with Crippen LogP contribution in [0.25, 0.3) is 30.6 Å². The Labute approximate surface area is 189 Å². The molecule has 30 heavy (non-hydrogen) atoms. The van der Waals surface area contributed by atoms with Crippen LogP contribution in [-0.2, 0) is 10.8 Å². The molecule has 0 spiro atoms. The standard InChI is InChI=1S/C28H30S2/c1-27(2,3)21-11-7-19(8-12-21)23-15-17-25(29-23)26-18-16-24(30-26)20-9-13-22(14-10-20)28(4,5)6/h7-18H,1-6H3. The molecular formula is C28H30S2. The molecule has 4 aromatic rings. The second-order valence-corrected chi connectivity index (χ2v) is 12.2. The van der Waals surface area contributed by atoms with Crippen LogP contribution in [0.5, 0.6) is 0 Å². The van der Waals surface area contributed by atoms with Gasteiger partial charge in [0, 0.05) is 19.5 Å². The summed E-state index contributed by atoms with van der Waals surface area (Å²) >= 11 is 3.75. The molecule has 2 aromatic heterocycles. The molecule has 0 atom stereocenters. The van der Waals surface area contributed by atoms with Crippen molar-refractivity contribution < 1.29 is 0 Å². The van der Waals surface area contributed by atoms with Gasteiger partial charge in [-0.2, -0.15) is 0 Å². The Hall–Kier alpha value is -2.16. The highest BCUT2D eigenvalue weighted by atomic mass is 32.1. The average molecular weight is 431 g/mol.